The van der Waals surface area contributed by atoms with Crippen LogP contribution in [0.1, 0.15) is 51.9 Å². The lowest BCUT2D eigenvalue weighted by Gasteiger charge is -2.30. The molecule has 0 saturated heterocycles. The molecule has 0 heterocycles. The SMILES string of the molecule is CCCC(F)(CN)CC1CC2CCC1C2. The van der Waals surface area contributed by atoms with Crippen molar-refractivity contribution in [2.75, 3.05) is 6.54 Å². The van der Waals surface area contributed by atoms with Crippen LogP contribution in [0.5, 0.6) is 0 Å². The Morgan fingerprint density at radius 1 is 1.33 bits per heavy atom. The number of alkyl halides is 1. The van der Waals surface area contributed by atoms with Crippen molar-refractivity contribution in [1.29, 1.82) is 0 Å². The van der Waals surface area contributed by atoms with Crippen molar-refractivity contribution in [2.45, 2.75) is 57.5 Å². The van der Waals surface area contributed by atoms with Gasteiger partial charge in [0.15, 0.2) is 0 Å². The van der Waals surface area contributed by atoms with E-state index >= 15 is 0 Å². The maximum absolute atomic E-state index is 14.4. The van der Waals surface area contributed by atoms with Crippen LogP contribution in [0.3, 0.4) is 0 Å². The molecule has 0 aliphatic heterocycles. The second kappa shape index (κ2) is 4.40. The van der Waals surface area contributed by atoms with E-state index in [4.69, 9.17) is 5.73 Å². The summed E-state index contributed by atoms with van der Waals surface area (Å²) in [6.45, 7) is 2.26. The van der Waals surface area contributed by atoms with Crippen LogP contribution < -0.4 is 5.73 Å². The maximum Gasteiger partial charge on any atom is 0.123 e. The lowest BCUT2D eigenvalue weighted by molar-refractivity contribution is 0.101. The first kappa shape index (κ1) is 11.4. The summed E-state index contributed by atoms with van der Waals surface area (Å²) in [6, 6.07) is 0. The number of hydrogen-bond acceptors (Lipinski definition) is 1. The van der Waals surface area contributed by atoms with Crippen LogP contribution in [-0.2, 0) is 0 Å². The van der Waals surface area contributed by atoms with Gasteiger partial charge in [-0.3, -0.25) is 0 Å². The molecule has 0 aromatic carbocycles. The Labute approximate surface area is 92.6 Å². The highest BCUT2D eigenvalue weighted by atomic mass is 19.1. The van der Waals surface area contributed by atoms with Gasteiger partial charge < -0.3 is 5.73 Å². The Hall–Kier alpha value is -0.110. The number of halogens is 1. The van der Waals surface area contributed by atoms with Gasteiger partial charge in [-0.25, -0.2) is 4.39 Å². The summed E-state index contributed by atoms with van der Waals surface area (Å²) in [5.41, 5.74) is 4.53. The zero-order chi connectivity index (χ0) is 10.9. The van der Waals surface area contributed by atoms with Crippen molar-refractivity contribution in [1.82, 2.24) is 0 Å². The summed E-state index contributed by atoms with van der Waals surface area (Å²) < 4.78 is 14.4. The minimum Gasteiger partial charge on any atom is -0.328 e. The molecule has 2 aliphatic rings. The molecular weight excluding hydrogens is 189 g/mol. The average Bonchev–Trinajstić information content (AvgIpc) is 2.79. The molecule has 88 valence electrons. The van der Waals surface area contributed by atoms with E-state index in [0.717, 1.165) is 24.7 Å². The zero-order valence-electron chi connectivity index (χ0n) is 9.84. The van der Waals surface area contributed by atoms with Gasteiger partial charge >= 0.3 is 0 Å². The smallest absolute Gasteiger partial charge is 0.123 e. The second-order valence-corrected chi connectivity index (χ2v) is 5.74. The van der Waals surface area contributed by atoms with Crippen molar-refractivity contribution in [3.8, 4) is 0 Å². The Kier molecular flexibility index (Phi) is 3.34. The van der Waals surface area contributed by atoms with Crippen LogP contribution >= 0.6 is 0 Å². The van der Waals surface area contributed by atoms with E-state index in [1.54, 1.807) is 0 Å². The van der Waals surface area contributed by atoms with Crippen LogP contribution in [-0.4, -0.2) is 12.2 Å². The Morgan fingerprint density at radius 3 is 2.60 bits per heavy atom. The van der Waals surface area contributed by atoms with Gasteiger partial charge in [-0.1, -0.05) is 19.8 Å². The molecule has 1 nitrogen and oxygen atoms in total. The normalized spacial score (nSPS) is 38.2. The Bertz CT molecular complexity index is 219. The van der Waals surface area contributed by atoms with E-state index < -0.39 is 5.67 Å². The quantitative estimate of drug-likeness (QED) is 0.745. The number of fused-ring (bicyclic) bond motifs is 2. The van der Waals surface area contributed by atoms with E-state index in [-0.39, 0.29) is 6.54 Å². The molecule has 0 aromatic heterocycles. The lowest BCUT2D eigenvalue weighted by Crippen LogP contribution is -2.36. The lowest BCUT2D eigenvalue weighted by atomic mass is 9.79. The number of nitrogens with two attached hydrogens (primary N) is 1. The molecule has 4 unspecified atom stereocenters. The third kappa shape index (κ3) is 2.35. The van der Waals surface area contributed by atoms with Gasteiger partial charge in [0.2, 0.25) is 0 Å². The minimum atomic E-state index is -1.07. The highest BCUT2D eigenvalue weighted by Gasteiger charge is 2.43. The number of hydrogen-bond donors (Lipinski definition) is 1. The third-order valence-electron chi connectivity index (χ3n) is 4.58. The predicted molar refractivity (Wildman–Crippen MR) is 61.4 cm³/mol. The van der Waals surface area contributed by atoms with Gasteiger partial charge in [-0.2, -0.15) is 0 Å². The second-order valence-electron chi connectivity index (χ2n) is 5.74. The van der Waals surface area contributed by atoms with Crippen molar-refractivity contribution < 1.29 is 4.39 Å². The Morgan fingerprint density at radius 2 is 2.13 bits per heavy atom. The maximum atomic E-state index is 14.4. The molecule has 2 aliphatic carbocycles. The van der Waals surface area contributed by atoms with Crippen LogP contribution in [0.2, 0.25) is 0 Å². The number of rotatable bonds is 5. The molecule has 15 heavy (non-hydrogen) atoms. The summed E-state index contributed by atoms with van der Waals surface area (Å²) >= 11 is 0. The van der Waals surface area contributed by atoms with Crippen molar-refractivity contribution in [2.24, 2.45) is 23.5 Å². The molecule has 2 rings (SSSR count). The standard InChI is InChI=1S/C13H24FN/c1-2-5-13(14,9-15)8-12-7-10-3-4-11(12)6-10/h10-12H,2-9,15H2,1H3. The van der Waals surface area contributed by atoms with Gasteiger partial charge in [0.1, 0.15) is 5.67 Å². The first-order valence-corrected chi connectivity index (χ1v) is 6.56. The third-order valence-corrected chi connectivity index (χ3v) is 4.58. The van der Waals surface area contributed by atoms with E-state index in [0.29, 0.717) is 12.3 Å². The van der Waals surface area contributed by atoms with Crippen LogP contribution in [0.15, 0.2) is 0 Å². The summed E-state index contributed by atoms with van der Waals surface area (Å²) in [7, 11) is 0. The Balaban J connectivity index is 1.89. The zero-order valence-corrected chi connectivity index (χ0v) is 9.84. The molecule has 2 saturated carbocycles. The highest BCUT2D eigenvalue weighted by molar-refractivity contribution is 4.94. The predicted octanol–water partition coefficient (Wildman–Crippen LogP) is 3.28. The average molecular weight is 213 g/mol. The van der Waals surface area contributed by atoms with Crippen LogP contribution in [0.4, 0.5) is 4.39 Å². The van der Waals surface area contributed by atoms with Gasteiger partial charge in [-0.05, 0) is 49.9 Å². The van der Waals surface area contributed by atoms with Crippen molar-refractivity contribution in [3.05, 3.63) is 0 Å². The summed E-state index contributed by atoms with van der Waals surface area (Å²) in [6.07, 6.45) is 7.70. The molecule has 0 spiro atoms. The molecule has 2 N–H and O–H groups in total. The molecule has 0 aromatic rings. The molecule has 2 bridgehead atoms. The van der Waals surface area contributed by atoms with Gasteiger partial charge in [-0.15, -0.1) is 0 Å². The monoisotopic (exact) mass is 213 g/mol. The molecule has 4 atom stereocenters. The van der Waals surface area contributed by atoms with Crippen molar-refractivity contribution in [3.63, 3.8) is 0 Å². The minimum absolute atomic E-state index is 0.217. The van der Waals surface area contributed by atoms with Crippen LogP contribution in [0, 0.1) is 17.8 Å². The summed E-state index contributed by atoms with van der Waals surface area (Å²) in [4.78, 5) is 0. The summed E-state index contributed by atoms with van der Waals surface area (Å²) in [5, 5.41) is 0. The van der Waals surface area contributed by atoms with Gasteiger partial charge in [0.05, 0.1) is 0 Å². The van der Waals surface area contributed by atoms with Gasteiger partial charge in [0, 0.05) is 6.54 Å². The fourth-order valence-corrected chi connectivity index (χ4v) is 3.83. The highest BCUT2D eigenvalue weighted by Crippen LogP contribution is 2.51. The molecule has 0 amide bonds. The first-order chi connectivity index (χ1) is 7.17. The topological polar surface area (TPSA) is 26.0 Å². The van der Waals surface area contributed by atoms with Crippen molar-refractivity contribution >= 4 is 0 Å². The fourth-order valence-electron chi connectivity index (χ4n) is 3.83. The van der Waals surface area contributed by atoms with Gasteiger partial charge in [0.25, 0.3) is 0 Å². The molecule has 2 fully saturated rings. The fraction of sp³-hybridized carbons (Fsp3) is 1.00. The molecule has 2 heteroatoms. The van der Waals surface area contributed by atoms with E-state index in [9.17, 15) is 4.39 Å². The largest absolute Gasteiger partial charge is 0.328 e. The van der Waals surface area contributed by atoms with E-state index in [1.807, 2.05) is 6.92 Å². The van der Waals surface area contributed by atoms with Crippen LogP contribution in [0.25, 0.3) is 0 Å². The molecular formula is C13H24FN. The first-order valence-electron chi connectivity index (χ1n) is 6.56. The summed E-state index contributed by atoms with van der Waals surface area (Å²) in [5.74, 6) is 2.39. The van der Waals surface area contributed by atoms with E-state index in [1.165, 1.54) is 25.7 Å². The van der Waals surface area contributed by atoms with E-state index in [2.05, 4.69) is 0 Å². The molecule has 0 radical (unpaired) electrons.